The smallest absolute Gasteiger partial charge is 0.338 e. The predicted molar refractivity (Wildman–Crippen MR) is 110 cm³/mol. The third-order valence-electron chi connectivity index (χ3n) is 4.51. The maximum atomic E-state index is 12.2. The Morgan fingerprint density at radius 1 is 1.07 bits per heavy atom. The fourth-order valence-electron chi connectivity index (χ4n) is 2.80. The summed E-state index contributed by atoms with van der Waals surface area (Å²) < 4.78 is 4.97. The molecule has 0 spiro atoms. The first-order valence-corrected chi connectivity index (χ1v) is 9.12. The Labute approximate surface area is 173 Å². The molecule has 2 aromatic rings. The van der Waals surface area contributed by atoms with Gasteiger partial charge in [-0.05, 0) is 44.0 Å². The zero-order valence-electron chi connectivity index (χ0n) is 17.2. The van der Waals surface area contributed by atoms with Crippen LogP contribution in [0.3, 0.4) is 0 Å². The molecule has 0 heterocycles. The van der Waals surface area contributed by atoms with Crippen molar-refractivity contribution < 1.29 is 24.0 Å². The topological polar surface area (TPSA) is 119 Å². The van der Waals surface area contributed by atoms with Gasteiger partial charge in [-0.3, -0.25) is 19.7 Å². The highest BCUT2D eigenvalue weighted by Gasteiger charge is 2.18. The van der Waals surface area contributed by atoms with Gasteiger partial charge in [0.25, 0.3) is 11.6 Å². The quantitative estimate of drug-likeness (QED) is 0.423. The lowest BCUT2D eigenvalue weighted by Gasteiger charge is -2.18. The molecule has 2 rings (SSSR count). The van der Waals surface area contributed by atoms with Crippen molar-refractivity contribution >= 4 is 29.2 Å². The molecule has 1 N–H and O–H groups in total. The minimum absolute atomic E-state index is 0.0984. The fraction of sp³-hybridized carbons (Fsp3) is 0.286. The summed E-state index contributed by atoms with van der Waals surface area (Å²) in [6.45, 7) is 4.49. The van der Waals surface area contributed by atoms with Crippen LogP contribution in [0, 0.1) is 30.9 Å². The van der Waals surface area contributed by atoms with Gasteiger partial charge in [-0.25, -0.2) is 4.79 Å². The summed E-state index contributed by atoms with van der Waals surface area (Å²) >= 11 is 0. The molecule has 0 unspecified atom stereocenters. The molecule has 2 amide bonds. The van der Waals surface area contributed by atoms with E-state index in [-0.39, 0.29) is 23.7 Å². The number of nitro groups is 1. The maximum Gasteiger partial charge on any atom is 0.338 e. The molecule has 0 aromatic heterocycles. The molecular weight excluding hydrogens is 390 g/mol. The SMILES string of the molecule is Cc1cc(C(=O)OCC(=O)N(C)CC(=O)Nc2c(C)cccc2C)ccc1[N+](=O)[O-]. The van der Waals surface area contributed by atoms with Crippen molar-refractivity contribution in [3.63, 3.8) is 0 Å². The van der Waals surface area contributed by atoms with Crippen LogP contribution in [0.25, 0.3) is 0 Å². The molecular formula is C21H23N3O6. The van der Waals surface area contributed by atoms with Crippen molar-refractivity contribution in [1.82, 2.24) is 4.90 Å². The molecule has 158 valence electrons. The van der Waals surface area contributed by atoms with Crippen LogP contribution in [0.1, 0.15) is 27.0 Å². The molecule has 0 saturated carbocycles. The number of esters is 1. The van der Waals surface area contributed by atoms with Crippen LogP contribution in [0.2, 0.25) is 0 Å². The molecule has 0 aliphatic carbocycles. The van der Waals surface area contributed by atoms with Gasteiger partial charge in [0.05, 0.1) is 17.0 Å². The molecule has 0 aliphatic heterocycles. The zero-order chi connectivity index (χ0) is 22.4. The van der Waals surface area contributed by atoms with Crippen molar-refractivity contribution in [2.24, 2.45) is 0 Å². The van der Waals surface area contributed by atoms with E-state index in [1.807, 2.05) is 32.0 Å². The number of likely N-dealkylation sites (N-methyl/N-ethyl adjacent to an activating group) is 1. The standard InChI is InChI=1S/C21H23N3O6/c1-13-6-5-7-14(2)20(13)22-18(25)11-23(4)19(26)12-30-21(27)16-8-9-17(24(28)29)15(3)10-16/h5-10H,11-12H2,1-4H3,(H,22,25). The number of nitro benzene ring substituents is 1. The number of nitrogens with one attached hydrogen (secondary N) is 1. The minimum atomic E-state index is -0.783. The molecule has 0 atom stereocenters. The first kappa shape index (κ1) is 22.5. The Morgan fingerprint density at radius 2 is 1.70 bits per heavy atom. The van der Waals surface area contributed by atoms with E-state index in [1.54, 1.807) is 0 Å². The predicted octanol–water partition coefficient (Wildman–Crippen LogP) is 2.77. The monoisotopic (exact) mass is 413 g/mol. The van der Waals surface area contributed by atoms with Gasteiger partial charge in [-0.2, -0.15) is 0 Å². The molecule has 0 aliphatic rings. The van der Waals surface area contributed by atoms with Crippen molar-refractivity contribution in [1.29, 1.82) is 0 Å². The fourth-order valence-corrected chi connectivity index (χ4v) is 2.80. The van der Waals surface area contributed by atoms with E-state index < -0.39 is 23.4 Å². The first-order chi connectivity index (χ1) is 14.1. The third-order valence-corrected chi connectivity index (χ3v) is 4.51. The Balaban J connectivity index is 1.89. The number of carbonyl (C=O) groups excluding carboxylic acids is 3. The highest BCUT2D eigenvalue weighted by molar-refractivity contribution is 5.96. The largest absolute Gasteiger partial charge is 0.452 e. The summed E-state index contributed by atoms with van der Waals surface area (Å²) in [6.07, 6.45) is 0. The third kappa shape index (κ3) is 5.63. The van der Waals surface area contributed by atoms with Crippen LogP contribution in [0.15, 0.2) is 36.4 Å². The van der Waals surface area contributed by atoms with Gasteiger partial charge < -0.3 is 15.0 Å². The Bertz CT molecular complexity index is 982. The van der Waals surface area contributed by atoms with Crippen LogP contribution < -0.4 is 5.32 Å². The number of benzene rings is 2. The highest BCUT2D eigenvalue weighted by Crippen LogP contribution is 2.20. The molecule has 0 saturated heterocycles. The number of hydrogen-bond acceptors (Lipinski definition) is 6. The van der Waals surface area contributed by atoms with E-state index in [1.165, 1.54) is 32.2 Å². The van der Waals surface area contributed by atoms with Crippen LogP contribution in [0.4, 0.5) is 11.4 Å². The highest BCUT2D eigenvalue weighted by atomic mass is 16.6. The van der Waals surface area contributed by atoms with Crippen molar-refractivity contribution in [3.8, 4) is 0 Å². The summed E-state index contributed by atoms with van der Waals surface area (Å²) in [5.41, 5.74) is 2.80. The van der Waals surface area contributed by atoms with Gasteiger partial charge in [0.1, 0.15) is 0 Å². The molecule has 30 heavy (non-hydrogen) atoms. The molecule has 0 radical (unpaired) electrons. The van der Waals surface area contributed by atoms with Crippen LogP contribution in [0.5, 0.6) is 0 Å². The van der Waals surface area contributed by atoms with Crippen LogP contribution >= 0.6 is 0 Å². The Morgan fingerprint density at radius 3 is 2.27 bits per heavy atom. The summed E-state index contributed by atoms with van der Waals surface area (Å²) in [4.78, 5) is 48.0. The molecule has 9 nitrogen and oxygen atoms in total. The number of carbonyl (C=O) groups is 3. The number of ether oxygens (including phenoxy) is 1. The van der Waals surface area contributed by atoms with E-state index in [0.29, 0.717) is 11.3 Å². The number of amides is 2. The average molecular weight is 413 g/mol. The second kappa shape index (κ2) is 9.64. The zero-order valence-corrected chi connectivity index (χ0v) is 17.2. The second-order valence-electron chi connectivity index (χ2n) is 6.90. The van der Waals surface area contributed by atoms with Gasteiger partial charge in [0.15, 0.2) is 6.61 Å². The second-order valence-corrected chi connectivity index (χ2v) is 6.90. The van der Waals surface area contributed by atoms with Crippen molar-refractivity contribution in [3.05, 3.63) is 68.8 Å². The summed E-state index contributed by atoms with van der Waals surface area (Å²) in [5.74, 6) is -1.71. The number of para-hydroxylation sites is 1. The lowest BCUT2D eigenvalue weighted by Crippen LogP contribution is -2.37. The maximum absolute atomic E-state index is 12.2. The first-order valence-electron chi connectivity index (χ1n) is 9.12. The number of anilines is 1. The number of aryl methyl sites for hydroxylation is 3. The van der Waals surface area contributed by atoms with E-state index in [4.69, 9.17) is 4.74 Å². The van der Waals surface area contributed by atoms with Gasteiger partial charge in [0.2, 0.25) is 5.91 Å². The lowest BCUT2D eigenvalue weighted by molar-refractivity contribution is -0.385. The molecule has 2 aromatic carbocycles. The van der Waals surface area contributed by atoms with Crippen LogP contribution in [-0.2, 0) is 14.3 Å². The van der Waals surface area contributed by atoms with E-state index in [9.17, 15) is 24.5 Å². The molecule has 0 fully saturated rings. The van der Waals surface area contributed by atoms with Gasteiger partial charge in [-0.15, -0.1) is 0 Å². The number of nitrogens with zero attached hydrogens (tertiary/aromatic N) is 2. The molecule has 9 heteroatoms. The lowest BCUT2D eigenvalue weighted by atomic mass is 10.1. The number of hydrogen-bond donors (Lipinski definition) is 1. The average Bonchev–Trinajstić information content (AvgIpc) is 2.68. The van der Waals surface area contributed by atoms with Gasteiger partial charge in [-0.1, -0.05) is 18.2 Å². The summed E-state index contributed by atoms with van der Waals surface area (Å²) in [6, 6.07) is 9.43. The van der Waals surface area contributed by atoms with Gasteiger partial charge in [0, 0.05) is 24.4 Å². The van der Waals surface area contributed by atoms with Crippen LogP contribution in [-0.4, -0.2) is 47.8 Å². The van der Waals surface area contributed by atoms with Crippen molar-refractivity contribution in [2.45, 2.75) is 20.8 Å². The van der Waals surface area contributed by atoms with E-state index in [2.05, 4.69) is 5.32 Å². The van der Waals surface area contributed by atoms with E-state index in [0.717, 1.165) is 16.0 Å². The Hall–Kier alpha value is -3.75. The summed E-state index contributed by atoms with van der Waals surface area (Å²) in [5, 5.41) is 13.6. The van der Waals surface area contributed by atoms with Crippen molar-refractivity contribution in [2.75, 3.05) is 25.5 Å². The summed E-state index contributed by atoms with van der Waals surface area (Å²) in [7, 11) is 1.43. The number of rotatable bonds is 7. The normalized spacial score (nSPS) is 10.3. The van der Waals surface area contributed by atoms with Gasteiger partial charge >= 0.3 is 5.97 Å². The Kier molecular flexibility index (Phi) is 7.24. The van der Waals surface area contributed by atoms with E-state index >= 15 is 0 Å². The molecule has 0 bridgehead atoms. The minimum Gasteiger partial charge on any atom is -0.452 e.